The highest BCUT2D eigenvalue weighted by Crippen LogP contribution is 2.04. The standard InChI is InChI=1S/C8H9N3.C2H6/c1-6-3-4-11-7(2)9-10-8(11)5-6;1-2/h3-5H,1-2H3;1-2H3. The SMILES string of the molecule is CC.Cc1ccn2c(C)nnc2c1. The third-order valence-electron chi connectivity index (χ3n) is 1.74. The van der Waals surface area contributed by atoms with Crippen LogP contribution in [0, 0.1) is 13.8 Å². The van der Waals surface area contributed by atoms with Gasteiger partial charge in [0, 0.05) is 6.20 Å². The van der Waals surface area contributed by atoms with Gasteiger partial charge in [-0.1, -0.05) is 13.8 Å². The van der Waals surface area contributed by atoms with Gasteiger partial charge in [0.1, 0.15) is 5.82 Å². The van der Waals surface area contributed by atoms with Crippen molar-refractivity contribution in [2.75, 3.05) is 0 Å². The first kappa shape index (κ1) is 9.71. The summed E-state index contributed by atoms with van der Waals surface area (Å²) in [5.74, 6) is 0.931. The first-order valence-corrected chi connectivity index (χ1v) is 4.55. The third kappa shape index (κ3) is 1.86. The van der Waals surface area contributed by atoms with Crippen LogP contribution >= 0.6 is 0 Å². The molecule has 0 fully saturated rings. The largest absolute Gasteiger partial charge is 0.287 e. The molecule has 0 aliphatic rings. The monoisotopic (exact) mass is 177 g/mol. The maximum absolute atomic E-state index is 3.99. The molecule has 2 rings (SSSR count). The lowest BCUT2D eigenvalue weighted by Crippen LogP contribution is -1.86. The second-order valence-electron chi connectivity index (χ2n) is 2.68. The van der Waals surface area contributed by atoms with Crippen LogP contribution in [0.1, 0.15) is 25.2 Å². The van der Waals surface area contributed by atoms with Crippen molar-refractivity contribution in [3.8, 4) is 0 Å². The highest BCUT2D eigenvalue weighted by atomic mass is 15.2. The molecule has 0 aliphatic carbocycles. The molecule has 0 radical (unpaired) electrons. The Labute approximate surface area is 78.4 Å². The lowest BCUT2D eigenvalue weighted by molar-refractivity contribution is 1.01. The molecule has 0 unspecified atom stereocenters. The van der Waals surface area contributed by atoms with Crippen molar-refractivity contribution in [3.05, 3.63) is 29.7 Å². The number of aryl methyl sites for hydroxylation is 2. The third-order valence-corrected chi connectivity index (χ3v) is 1.74. The van der Waals surface area contributed by atoms with Gasteiger partial charge in [-0.2, -0.15) is 0 Å². The van der Waals surface area contributed by atoms with Crippen molar-refractivity contribution in [1.82, 2.24) is 14.6 Å². The molecule has 2 aromatic rings. The summed E-state index contributed by atoms with van der Waals surface area (Å²) in [4.78, 5) is 0. The number of pyridine rings is 1. The number of nitrogens with zero attached hydrogens (tertiary/aromatic N) is 3. The van der Waals surface area contributed by atoms with Crippen LogP contribution in [0.5, 0.6) is 0 Å². The Morgan fingerprint density at radius 1 is 1.15 bits per heavy atom. The van der Waals surface area contributed by atoms with E-state index in [2.05, 4.69) is 10.2 Å². The average Bonchev–Trinajstić information content (AvgIpc) is 2.51. The maximum atomic E-state index is 3.99. The van der Waals surface area contributed by atoms with E-state index in [9.17, 15) is 0 Å². The van der Waals surface area contributed by atoms with Gasteiger partial charge in [-0.3, -0.25) is 4.40 Å². The second-order valence-corrected chi connectivity index (χ2v) is 2.68. The number of rotatable bonds is 0. The van der Waals surface area contributed by atoms with Crippen LogP contribution in [-0.2, 0) is 0 Å². The van der Waals surface area contributed by atoms with E-state index in [0.717, 1.165) is 11.5 Å². The predicted molar refractivity (Wildman–Crippen MR) is 53.8 cm³/mol. The molecule has 3 nitrogen and oxygen atoms in total. The van der Waals surface area contributed by atoms with Crippen molar-refractivity contribution >= 4 is 5.65 Å². The average molecular weight is 177 g/mol. The molecule has 2 heterocycles. The van der Waals surface area contributed by atoms with Gasteiger partial charge in [0.2, 0.25) is 0 Å². The number of aromatic nitrogens is 3. The summed E-state index contributed by atoms with van der Waals surface area (Å²) >= 11 is 0. The van der Waals surface area contributed by atoms with E-state index in [0.29, 0.717) is 0 Å². The first-order chi connectivity index (χ1) is 6.27. The molecule has 0 aliphatic heterocycles. The number of hydrogen-bond donors (Lipinski definition) is 0. The molecular weight excluding hydrogens is 162 g/mol. The molecular formula is C10H15N3. The molecule has 0 saturated carbocycles. The molecule has 0 bridgehead atoms. The summed E-state index contributed by atoms with van der Waals surface area (Å²) in [5, 5.41) is 7.94. The molecule has 13 heavy (non-hydrogen) atoms. The summed E-state index contributed by atoms with van der Waals surface area (Å²) in [6, 6.07) is 4.06. The summed E-state index contributed by atoms with van der Waals surface area (Å²) in [6.45, 7) is 7.99. The lowest BCUT2D eigenvalue weighted by Gasteiger charge is -1.93. The van der Waals surface area contributed by atoms with Crippen LogP contribution in [0.2, 0.25) is 0 Å². The van der Waals surface area contributed by atoms with Gasteiger partial charge in [0.05, 0.1) is 0 Å². The Kier molecular flexibility index (Phi) is 3.01. The molecule has 2 aromatic heterocycles. The van der Waals surface area contributed by atoms with Crippen molar-refractivity contribution < 1.29 is 0 Å². The Balaban J connectivity index is 0.000000396. The normalized spacial score (nSPS) is 9.54. The summed E-state index contributed by atoms with van der Waals surface area (Å²) in [5.41, 5.74) is 2.13. The van der Waals surface area contributed by atoms with Gasteiger partial charge in [-0.25, -0.2) is 0 Å². The Morgan fingerprint density at radius 2 is 1.85 bits per heavy atom. The molecule has 0 saturated heterocycles. The minimum absolute atomic E-state index is 0.919. The topological polar surface area (TPSA) is 30.2 Å². The summed E-state index contributed by atoms with van der Waals surface area (Å²) in [7, 11) is 0. The van der Waals surface area contributed by atoms with Crippen LogP contribution in [0.25, 0.3) is 5.65 Å². The van der Waals surface area contributed by atoms with E-state index in [1.165, 1.54) is 5.56 Å². The van der Waals surface area contributed by atoms with Gasteiger partial charge in [0.15, 0.2) is 5.65 Å². The molecule has 70 valence electrons. The van der Waals surface area contributed by atoms with Crippen LogP contribution < -0.4 is 0 Å². The fourth-order valence-electron chi connectivity index (χ4n) is 1.11. The zero-order valence-corrected chi connectivity index (χ0v) is 8.57. The highest BCUT2D eigenvalue weighted by Gasteiger charge is 1.97. The number of hydrogen-bond acceptors (Lipinski definition) is 2. The van der Waals surface area contributed by atoms with E-state index in [-0.39, 0.29) is 0 Å². The van der Waals surface area contributed by atoms with Crippen molar-refractivity contribution in [3.63, 3.8) is 0 Å². The molecule has 0 N–H and O–H groups in total. The van der Waals surface area contributed by atoms with Crippen LogP contribution in [0.3, 0.4) is 0 Å². The van der Waals surface area contributed by atoms with Gasteiger partial charge in [-0.05, 0) is 31.5 Å². The van der Waals surface area contributed by atoms with E-state index >= 15 is 0 Å². The minimum atomic E-state index is 0.919. The van der Waals surface area contributed by atoms with Crippen molar-refractivity contribution in [2.24, 2.45) is 0 Å². The maximum Gasteiger partial charge on any atom is 0.161 e. The molecule has 0 atom stereocenters. The second kappa shape index (κ2) is 4.03. The van der Waals surface area contributed by atoms with E-state index in [1.807, 2.05) is 50.4 Å². The van der Waals surface area contributed by atoms with Crippen LogP contribution in [0.15, 0.2) is 18.3 Å². The van der Waals surface area contributed by atoms with Crippen LogP contribution in [-0.4, -0.2) is 14.6 Å². The molecule has 0 amide bonds. The first-order valence-electron chi connectivity index (χ1n) is 4.55. The fraction of sp³-hybridized carbons (Fsp3) is 0.400. The quantitative estimate of drug-likeness (QED) is 0.618. The van der Waals surface area contributed by atoms with Gasteiger partial charge < -0.3 is 0 Å². The Hall–Kier alpha value is -1.38. The summed E-state index contributed by atoms with van der Waals surface area (Å²) < 4.78 is 1.97. The van der Waals surface area contributed by atoms with E-state index < -0.39 is 0 Å². The molecule has 3 heteroatoms. The zero-order chi connectivity index (χ0) is 9.84. The molecule has 0 aromatic carbocycles. The fourth-order valence-corrected chi connectivity index (χ4v) is 1.11. The molecule has 0 spiro atoms. The Morgan fingerprint density at radius 3 is 2.54 bits per heavy atom. The van der Waals surface area contributed by atoms with Crippen LogP contribution in [0.4, 0.5) is 0 Å². The van der Waals surface area contributed by atoms with Gasteiger partial charge in [-0.15, -0.1) is 10.2 Å². The lowest BCUT2D eigenvalue weighted by atomic mass is 10.3. The highest BCUT2D eigenvalue weighted by molar-refractivity contribution is 5.40. The van der Waals surface area contributed by atoms with Crippen molar-refractivity contribution in [2.45, 2.75) is 27.7 Å². The predicted octanol–water partition coefficient (Wildman–Crippen LogP) is 2.37. The smallest absolute Gasteiger partial charge is 0.161 e. The number of fused-ring (bicyclic) bond motifs is 1. The van der Waals surface area contributed by atoms with E-state index in [4.69, 9.17) is 0 Å². The zero-order valence-electron chi connectivity index (χ0n) is 8.57. The van der Waals surface area contributed by atoms with Gasteiger partial charge >= 0.3 is 0 Å². The van der Waals surface area contributed by atoms with Gasteiger partial charge in [0.25, 0.3) is 0 Å². The van der Waals surface area contributed by atoms with E-state index in [1.54, 1.807) is 0 Å². The minimum Gasteiger partial charge on any atom is -0.287 e. The Bertz CT molecular complexity index is 390. The summed E-state index contributed by atoms with van der Waals surface area (Å²) in [6.07, 6.45) is 1.99. The van der Waals surface area contributed by atoms with Crippen molar-refractivity contribution in [1.29, 1.82) is 0 Å².